The Labute approximate surface area is 120 Å². The SMILES string of the molecule is CCn1nccc1CNC(=O)c1n[nH]c(Br)c1Br. The van der Waals surface area contributed by atoms with Gasteiger partial charge in [0.1, 0.15) is 4.60 Å². The molecule has 2 aromatic rings. The van der Waals surface area contributed by atoms with Crippen molar-refractivity contribution in [3.8, 4) is 0 Å². The molecule has 0 aliphatic rings. The van der Waals surface area contributed by atoms with Crippen LogP contribution >= 0.6 is 31.9 Å². The van der Waals surface area contributed by atoms with Crippen molar-refractivity contribution in [2.75, 3.05) is 0 Å². The number of carbonyl (C=O) groups is 1. The molecule has 8 heteroatoms. The Morgan fingerprint density at radius 3 is 2.94 bits per heavy atom. The summed E-state index contributed by atoms with van der Waals surface area (Å²) in [6, 6.07) is 1.87. The molecule has 0 aromatic carbocycles. The molecule has 2 rings (SSSR count). The fraction of sp³-hybridized carbons (Fsp3) is 0.300. The molecule has 0 fully saturated rings. The number of nitrogens with zero attached hydrogens (tertiary/aromatic N) is 3. The van der Waals surface area contributed by atoms with Gasteiger partial charge in [0.25, 0.3) is 5.91 Å². The number of hydrogen-bond acceptors (Lipinski definition) is 3. The second-order valence-corrected chi connectivity index (χ2v) is 5.11. The number of halogens is 2. The minimum absolute atomic E-state index is 0.243. The Bertz CT molecular complexity index is 562. The highest BCUT2D eigenvalue weighted by molar-refractivity contribution is 9.13. The minimum atomic E-state index is -0.243. The fourth-order valence-electron chi connectivity index (χ4n) is 1.51. The van der Waals surface area contributed by atoms with E-state index in [0.717, 1.165) is 12.2 Å². The molecule has 6 nitrogen and oxygen atoms in total. The van der Waals surface area contributed by atoms with Gasteiger partial charge in [0.15, 0.2) is 5.69 Å². The number of carbonyl (C=O) groups excluding carboxylic acids is 1. The van der Waals surface area contributed by atoms with Crippen molar-refractivity contribution in [3.05, 3.63) is 32.7 Å². The van der Waals surface area contributed by atoms with Crippen LogP contribution in [0.3, 0.4) is 0 Å². The van der Waals surface area contributed by atoms with Crippen LogP contribution in [-0.2, 0) is 13.1 Å². The molecule has 2 aromatic heterocycles. The average molecular weight is 377 g/mol. The molecule has 0 atom stereocenters. The predicted octanol–water partition coefficient (Wildman–Crippen LogP) is 2.08. The van der Waals surface area contributed by atoms with Crippen LogP contribution in [-0.4, -0.2) is 25.9 Å². The lowest BCUT2D eigenvalue weighted by Crippen LogP contribution is -2.25. The van der Waals surface area contributed by atoms with Crippen LogP contribution in [0, 0.1) is 0 Å². The molecule has 0 unspecified atom stereocenters. The molecule has 0 aliphatic carbocycles. The average Bonchev–Trinajstić information content (AvgIpc) is 2.94. The van der Waals surface area contributed by atoms with Crippen LogP contribution in [0.2, 0.25) is 0 Å². The molecule has 0 aliphatic heterocycles. The standard InChI is InChI=1S/C10H11Br2N5O/c1-2-17-6(3-4-14-17)5-13-10(18)8-7(11)9(12)16-15-8/h3-4H,2,5H2,1H3,(H,13,18)(H,15,16). The highest BCUT2D eigenvalue weighted by atomic mass is 79.9. The molecule has 0 saturated carbocycles. The van der Waals surface area contributed by atoms with Crippen LogP contribution in [0.1, 0.15) is 23.1 Å². The molecular formula is C10H11Br2N5O. The first-order valence-corrected chi connectivity index (χ1v) is 6.90. The summed E-state index contributed by atoms with van der Waals surface area (Å²) in [5, 5.41) is 13.5. The lowest BCUT2D eigenvalue weighted by Gasteiger charge is -2.05. The van der Waals surface area contributed by atoms with Gasteiger partial charge in [0.05, 0.1) is 16.7 Å². The van der Waals surface area contributed by atoms with E-state index < -0.39 is 0 Å². The zero-order chi connectivity index (χ0) is 13.1. The first-order valence-electron chi connectivity index (χ1n) is 5.31. The van der Waals surface area contributed by atoms with Crippen molar-refractivity contribution in [2.24, 2.45) is 0 Å². The Kier molecular flexibility index (Phi) is 4.18. The molecule has 0 radical (unpaired) electrons. The molecule has 2 N–H and O–H groups in total. The quantitative estimate of drug-likeness (QED) is 0.857. The largest absolute Gasteiger partial charge is 0.345 e. The van der Waals surface area contributed by atoms with Crippen molar-refractivity contribution in [1.82, 2.24) is 25.3 Å². The van der Waals surface area contributed by atoms with Crippen LogP contribution < -0.4 is 5.32 Å². The number of amides is 1. The second kappa shape index (κ2) is 5.66. The summed E-state index contributed by atoms with van der Waals surface area (Å²) in [6.45, 7) is 3.19. The first kappa shape index (κ1) is 13.3. The number of H-pyrrole nitrogens is 1. The first-order chi connectivity index (χ1) is 8.63. The summed E-state index contributed by atoms with van der Waals surface area (Å²) >= 11 is 6.52. The molecule has 0 bridgehead atoms. The summed E-state index contributed by atoms with van der Waals surface area (Å²) in [5.41, 5.74) is 1.28. The number of rotatable bonds is 4. The third-order valence-electron chi connectivity index (χ3n) is 2.42. The van der Waals surface area contributed by atoms with Crippen LogP contribution in [0.4, 0.5) is 0 Å². The highest BCUT2D eigenvalue weighted by Gasteiger charge is 2.16. The Morgan fingerprint density at radius 1 is 1.56 bits per heavy atom. The maximum atomic E-state index is 11.9. The lowest BCUT2D eigenvalue weighted by molar-refractivity contribution is 0.0944. The van der Waals surface area contributed by atoms with Crippen LogP contribution in [0.15, 0.2) is 21.3 Å². The van der Waals surface area contributed by atoms with E-state index in [1.165, 1.54) is 0 Å². The smallest absolute Gasteiger partial charge is 0.273 e. The van der Waals surface area contributed by atoms with E-state index in [-0.39, 0.29) is 5.91 Å². The van der Waals surface area contributed by atoms with Gasteiger partial charge < -0.3 is 5.32 Å². The van der Waals surface area contributed by atoms with Gasteiger partial charge in [0, 0.05) is 12.7 Å². The van der Waals surface area contributed by atoms with E-state index in [2.05, 4.69) is 52.5 Å². The van der Waals surface area contributed by atoms with Gasteiger partial charge >= 0.3 is 0 Å². The van der Waals surface area contributed by atoms with Crippen molar-refractivity contribution in [1.29, 1.82) is 0 Å². The van der Waals surface area contributed by atoms with Gasteiger partial charge in [-0.2, -0.15) is 10.2 Å². The maximum Gasteiger partial charge on any atom is 0.273 e. The van der Waals surface area contributed by atoms with E-state index in [9.17, 15) is 4.79 Å². The van der Waals surface area contributed by atoms with E-state index in [0.29, 0.717) is 21.3 Å². The normalized spacial score (nSPS) is 10.6. The molecule has 96 valence electrons. The summed E-state index contributed by atoms with van der Waals surface area (Å²) in [6.07, 6.45) is 1.71. The van der Waals surface area contributed by atoms with Gasteiger partial charge in [-0.1, -0.05) is 0 Å². The lowest BCUT2D eigenvalue weighted by atomic mass is 10.3. The monoisotopic (exact) mass is 375 g/mol. The van der Waals surface area contributed by atoms with Crippen LogP contribution in [0.25, 0.3) is 0 Å². The number of aromatic nitrogens is 4. The molecule has 0 spiro atoms. The number of aromatic amines is 1. The van der Waals surface area contributed by atoms with E-state index in [1.807, 2.05) is 17.7 Å². The maximum absolute atomic E-state index is 11.9. The third-order valence-corrected chi connectivity index (χ3v) is 4.29. The minimum Gasteiger partial charge on any atom is -0.345 e. The third kappa shape index (κ3) is 2.64. The second-order valence-electron chi connectivity index (χ2n) is 3.52. The van der Waals surface area contributed by atoms with Crippen LogP contribution in [0.5, 0.6) is 0 Å². The molecule has 18 heavy (non-hydrogen) atoms. The van der Waals surface area contributed by atoms with E-state index in [4.69, 9.17) is 0 Å². The number of hydrogen-bond donors (Lipinski definition) is 2. The zero-order valence-corrected chi connectivity index (χ0v) is 12.7. The van der Waals surface area contributed by atoms with E-state index in [1.54, 1.807) is 6.20 Å². The zero-order valence-electron chi connectivity index (χ0n) is 9.57. The van der Waals surface area contributed by atoms with Gasteiger partial charge in [0.2, 0.25) is 0 Å². The van der Waals surface area contributed by atoms with Gasteiger partial charge in [-0.15, -0.1) is 0 Å². The fourth-order valence-corrected chi connectivity index (χ4v) is 2.14. The Hall–Kier alpha value is -1.15. The summed E-state index contributed by atoms with van der Waals surface area (Å²) in [7, 11) is 0. The highest BCUT2D eigenvalue weighted by Crippen LogP contribution is 2.23. The van der Waals surface area contributed by atoms with Crippen molar-refractivity contribution in [3.63, 3.8) is 0 Å². The molecular weight excluding hydrogens is 366 g/mol. The predicted molar refractivity (Wildman–Crippen MR) is 73.1 cm³/mol. The molecule has 1 amide bonds. The molecule has 2 heterocycles. The topological polar surface area (TPSA) is 75.6 Å². The molecule has 0 saturated heterocycles. The number of aryl methyl sites for hydroxylation is 1. The summed E-state index contributed by atoms with van der Waals surface area (Å²) < 4.78 is 3.09. The van der Waals surface area contributed by atoms with Crippen molar-refractivity contribution < 1.29 is 4.79 Å². The van der Waals surface area contributed by atoms with Crippen molar-refractivity contribution in [2.45, 2.75) is 20.0 Å². The Morgan fingerprint density at radius 2 is 2.33 bits per heavy atom. The summed E-state index contributed by atoms with van der Waals surface area (Å²) in [5.74, 6) is -0.243. The number of nitrogens with one attached hydrogen (secondary N) is 2. The van der Waals surface area contributed by atoms with Gasteiger partial charge in [-0.25, -0.2) is 0 Å². The van der Waals surface area contributed by atoms with Gasteiger partial charge in [-0.3, -0.25) is 14.6 Å². The van der Waals surface area contributed by atoms with Gasteiger partial charge in [-0.05, 0) is 44.8 Å². The van der Waals surface area contributed by atoms with Crippen molar-refractivity contribution >= 4 is 37.8 Å². The Balaban J connectivity index is 2.03. The summed E-state index contributed by atoms with van der Waals surface area (Å²) in [4.78, 5) is 11.9. The van der Waals surface area contributed by atoms with E-state index >= 15 is 0 Å².